The molecule has 1 heterocycles. The Morgan fingerprint density at radius 3 is 2.77 bits per heavy atom. The van der Waals surface area contributed by atoms with Crippen LogP contribution in [0.25, 0.3) is 5.57 Å². The molecule has 2 fully saturated rings. The molecule has 0 aromatic heterocycles. The van der Waals surface area contributed by atoms with Gasteiger partial charge in [0.25, 0.3) is 0 Å². The number of rotatable bonds is 4. The monoisotopic (exact) mass is 361 g/mol. The van der Waals surface area contributed by atoms with Crippen molar-refractivity contribution in [2.45, 2.75) is 64.3 Å². The van der Waals surface area contributed by atoms with Crippen LogP contribution in [0.3, 0.4) is 0 Å². The van der Waals surface area contributed by atoms with Gasteiger partial charge < -0.3 is 4.90 Å². The van der Waals surface area contributed by atoms with Gasteiger partial charge in [0.15, 0.2) is 0 Å². The van der Waals surface area contributed by atoms with Crippen LogP contribution in [0, 0.1) is 5.92 Å². The Bertz CT molecular complexity index is 516. The van der Waals surface area contributed by atoms with Crippen LogP contribution in [0.5, 0.6) is 0 Å². The maximum atomic E-state index is 3.58. The van der Waals surface area contributed by atoms with Crippen LogP contribution in [0.15, 0.2) is 34.9 Å². The summed E-state index contributed by atoms with van der Waals surface area (Å²) in [5.74, 6) is 0.985. The molecule has 0 N–H and O–H groups in total. The van der Waals surface area contributed by atoms with Crippen molar-refractivity contribution in [2.24, 2.45) is 5.92 Å². The Morgan fingerprint density at radius 2 is 2.00 bits per heavy atom. The molecule has 22 heavy (non-hydrogen) atoms. The fourth-order valence-corrected chi connectivity index (χ4v) is 4.54. The molecule has 1 aromatic rings. The van der Waals surface area contributed by atoms with E-state index >= 15 is 0 Å². The molecule has 120 valence electrons. The Kier molecular flexibility index (Phi) is 5.62. The first-order valence-electron chi connectivity index (χ1n) is 8.92. The Morgan fingerprint density at radius 1 is 1.18 bits per heavy atom. The van der Waals surface area contributed by atoms with Crippen molar-refractivity contribution in [1.82, 2.24) is 4.90 Å². The van der Waals surface area contributed by atoms with Gasteiger partial charge in [0.1, 0.15) is 0 Å². The lowest BCUT2D eigenvalue weighted by Gasteiger charge is -2.30. The molecule has 1 aliphatic heterocycles. The van der Waals surface area contributed by atoms with Gasteiger partial charge in [-0.2, -0.15) is 0 Å². The predicted octanol–water partition coefficient (Wildman–Crippen LogP) is 6.24. The first-order valence-corrected chi connectivity index (χ1v) is 9.72. The van der Waals surface area contributed by atoms with Gasteiger partial charge in [0, 0.05) is 23.3 Å². The molecule has 2 aliphatic rings. The van der Waals surface area contributed by atoms with Gasteiger partial charge in [0.05, 0.1) is 0 Å². The Labute approximate surface area is 143 Å². The minimum absolute atomic E-state index is 0.783. The molecule has 1 nitrogen and oxygen atoms in total. The van der Waals surface area contributed by atoms with Gasteiger partial charge in [-0.25, -0.2) is 0 Å². The summed E-state index contributed by atoms with van der Waals surface area (Å²) >= 11 is 3.58. The van der Waals surface area contributed by atoms with E-state index in [1.807, 2.05) is 0 Å². The lowest BCUT2D eigenvalue weighted by Crippen LogP contribution is -2.27. The maximum absolute atomic E-state index is 3.58. The molecular formula is C20H28BrN. The van der Waals surface area contributed by atoms with Crippen LogP contribution < -0.4 is 0 Å². The zero-order valence-corrected chi connectivity index (χ0v) is 15.3. The van der Waals surface area contributed by atoms with Crippen LogP contribution >= 0.6 is 15.9 Å². The van der Waals surface area contributed by atoms with Crippen LogP contribution in [-0.4, -0.2) is 17.5 Å². The van der Waals surface area contributed by atoms with Gasteiger partial charge in [-0.3, -0.25) is 0 Å². The minimum atomic E-state index is 0.783. The van der Waals surface area contributed by atoms with E-state index in [0.29, 0.717) is 0 Å². The number of likely N-dealkylation sites (tertiary alicyclic amines) is 1. The molecule has 0 spiro atoms. The lowest BCUT2D eigenvalue weighted by molar-refractivity contribution is 0.247. The lowest BCUT2D eigenvalue weighted by atomic mass is 9.84. The van der Waals surface area contributed by atoms with Gasteiger partial charge in [0.2, 0.25) is 0 Å². The predicted molar refractivity (Wildman–Crippen MR) is 98.7 cm³/mol. The minimum Gasteiger partial charge on any atom is -0.374 e. The van der Waals surface area contributed by atoms with Gasteiger partial charge >= 0.3 is 0 Å². The summed E-state index contributed by atoms with van der Waals surface area (Å²) in [4.78, 5) is 2.63. The number of hydrogen-bond acceptors (Lipinski definition) is 1. The van der Waals surface area contributed by atoms with Gasteiger partial charge in [-0.1, -0.05) is 60.2 Å². The third-order valence-electron chi connectivity index (χ3n) is 5.39. The quantitative estimate of drug-likeness (QED) is 0.612. The van der Waals surface area contributed by atoms with Crippen LogP contribution in [0.1, 0.15) is 63.9 Å². The number of allylic oxidation sites excluding steroid dienone is 1. The number of benzene rings is 1. The standard InChI is InChI=1S/C20H28BrN/c1-16(18-9-5-10-19(21)14-18)15-22-12-6-11-20(22)13-17-7-3-2-4-8-17/h5,9-10,14-15,17,20H,2-4,6-8,11-13H2,1H3/b16-15+. The van der Waals surface area contributed by atoms with Gasteiger partial charge in [-0.05, 0) is 55.4 Å². The molecule has 1 aromatic carbocycles. The third kappa shape index (κ3) is 4.16. The summed E-state index contributed by atoms with van der Waals surface area (Å²) in [5.41, 5.74) is 2.72. The molecular weight excluding hydrogens is 334 g/mol. The molecule has 3 rings (SSSR count). The topological polar surface area (TPSA) is 3.24 Å². The summed E-state index contributed by atoms with van der Waals surface area (Å²) in [5, 5.41) is 0. The second kappa shape index (κ2) is 7.68. The molecule has 0 radical (unpaired) electrons. The second-order valence-electron chi connectivity index (χ2n) is 7.10. The first-order chi connectivity index (χ1) is 10.7. The van der Waals surface area contributed by atoms with Crippen molar-refractivity contribution in [3.05, 3.63) is 40.5 Å². The van der Waals surface area contributed by atoms with Crippen molar-refractivity contribution in [2.75, 3.05) is 6.54 Å². The van der Waals surface area contributed by atoms with Crippen molar-refractivity contribution in [3.8, 4) is 0 Å². The van der Waals surface area contributed by atoms with E-state index in [0.717, 1.165) is 16.4 Å². The van der Waals surface area contributed by atoms with Crippen molar-refractivity contribution in [3.63, 3.8) is 0 Å². The average molecular weight is 362 g/mol. The molecule has 1 aliphatic carbocycles. The van der Waals surface area contributed by atoms with E-state index in [4.69, 9.17) is 0 Å². The Hall–Kier alpha value is -0.760. The highest BCUT2D eigenvalue weighted by Gasteiger charge is 2.26. The SMILES string of the molecule is C/C(=C\N1CCCC1CC1CCCCC1)c1cccc(Br)c1. The van der Waals surface area contributed by atoms with Crippen LogP contribution in [0.2, 0.25) is 0 Å². The summed E-state index contributed by atoms with van der Waals surface area (Å²) in [6.07, 6.45) is 13.9. The third-order valence-corrected chi connectivity index (χ3v) is 5.89. The number of halogens is 1. The molecule has 2 heteroatoms. The van der Waals surface area contributed by atoms with Crippen molar-refractivity contribution >= 4 is 21.5 Å². The van der Waals surface area contributed by atoms with E-state index in [9.17, 15) is 0 Å². The number of nitrogens with zero attached hydrogens (tertiary/aromatic N) is 1. The fraction of sp³-hybridized carbons (Fsp3) is 0.600. The zero-order valence-electron chi connectivity index (χ0n) is 13.7. The summed E-state index contributed by atoms with van der Waals surface area (Å²) < 4.78 is 1.16. The summed E-state index contributed by atoms with van der Waals surface area (Å²) in [7, 11) is 0. The van der Waals surface area contributed by atoms with E-state index in [1.54, 1.807) is 0 Å². The van der Waals surface area contributed by atoms with Crippen LogP contribution in [-0.2, 0) is 0 Å². The second-order valence-corrected chi connectivity index (χ2v) is 8.01. The maximum Gasteiger partial charge on any atom is 0.0287 e. The largest absolute Gasteiger partial charge is 0.374 e. The fourth-order valence-electron chi connectivity index (χ4n) is 4.15. The van der Waals surface area contributed by atoms with Crippen LogP contribution in [0.4, 0.5) is 0 Å². The normalized spacial score (nSPS) is 24.0. The highest BCUT2D eigenvalue weighted by Crippen LogP contribution is 2.33. The van der Waals surface area contributed by atoms with Crippen molar-refractivity contribution < 1.29 is 0 Å². The molecule has 0 bridgehead atoms. The molecule has 1 atom stereocenters. The molecule has 1 unspecified atom stereocenters. The molecule has 0 amide bonds. The first kappa shape index (κ1) is 16.1. The van der Waals surface area contributed by atoms with E-state index < -0.39 is 0 Å². The Balaban J connectivity index is 1.65. The molecule has 1 saturated heterocycles. The van der Waals surface area contributed by atoms with Gasteiger partial charge in [-0.15, -0.1) is 0 Å². The molecule has 1 saturated carbocycles. The van der Waals surface area contributed by atoms with E-state index in [1.165, 1.54) is 69.0 Å². The number of hydrogen-bond donors (Lipinski definition) is 0. The summed E-state index contributed by atoms with van der Waals surface area (Å²) in [6.45, 7) is 3.49. The average Bonchev–Trinajstić information content (AvgIpc) is 2.95. The van der Waals surface area contributed by atoms with E-state index in [2.05, 4.69) is 58.2 Å². The van der Waals surface area contributed by atoms with Crippen molar-refractivity contribution in [1.29, 1.82) is 0 Å². The highest BCUT2D eigenvalue weighted by atomic mass is 79.9. The zero-order chi connectivity index (χ0) is 15.4. The smallest absolute Gasteiger partial charge is 0.0287 e. The summed E-state index contributed by atoms with van der Waals surface area (Å²) in [6, 6.07) is 9.43. The van der Waals surface area contributed by atoms with E-state index in [-0.39, 0.29) is 0 Å². The highest BCUT2D eigenvalue weighted by molar-refractivity contribution is 9.10.